The topological polar surface area (TPSA) is 49.4 Å². The molecule has 28 heavy (non-hydrogen) atoms. The van der Waals surface area contributed by atoms with Crippen molar-refractivity contribution in [1.29, 1.82) is 0 Å². The Morgan fingerprint density at radius 2 is 1.79 bits per heavy atom. The number of benzene rings is 2. The van der Waals surface area contributed by atoms with Gasteiger partial charge in [-0.2, -0.15) is 13.2 Å². The maximum Gasteiger partial charge on any atom is 0.416 e. The van der Waals surface area contributed by atoms with Crippen molar-refractivity contribution in [3.05, 3.63) is 71.0 Å². The summed E-state index contributed by atoms with van der Waals surface area (Å²) >= 11 is 0. The molecule has 1 fully saturated rings. The van der Waals surface area contributed by atoms with Crippen LogP contribution in [0, 0.1) is 5.82 Å². The van der Waals surface area contributed by atoms with Gasteiger partial charge in [0.2, 0.25) is 0 Å². The Kier molecular flexibility index (Phi) is 5.67. The van der Waals surface area contributed by atoms with Crippen LogP contribution in [0.3, 0.4) is 0 Å². The van der Waals surface area contributed by atoms with Gasteiger partial charge < -0.3 is 10.2 Å². The van der Waals surface area contributed by atoms with Crippen molar-refractivity contribution in [2.75, 3.05) is 13.1 Å². The summed E-state index contributed by atoms with van der Waals surface area (Å²) in [5, 5.41) is 2.55. The van der Waals surface area contributed by atoms with Crippen molar-refractivity contribution in [2.24, 2.45) is 0 Å². The highest BCUT2D eigenvalue weighted by molar-refractivity contribution is 5.95. The van der Waals surface area contributed by atoms with E-state index in [1.807, 2.05) is 0 Å². The zero-order chi connectivity index (χ0) is 20.3. The lowest BCUT2D eigenvalue weighted by molar-refractivity contribution is -0.137. The van der Waals surface area contributed by atoms with Gasteiger partial charge in [0.1, 0.15) is 5.82 Å². The van der Waals surface area contributed by atoms with E-state index in [2.05, 4.69) is 5.32 Å². The largest absolute Gasteiger partial charge is 0.416 e. The Labute approximate surface area is 159 Å². The molecule has 0 saturated carbocycles. The van der Waals surface area contributed by atoms with Crippen LogP contribution < -0.4 is 5.32 Å². The first-order chi connectivity index (χ1) is 13.3. The molecule has 1 saturated heterocycles. The summed E-state index contributed by atoms with van der Waals surface area (Å²) in [5.41, 5.74) is -1.25. The highest BCUT2D eigenvalue weighted by atomic mass is 19.4. The van der Waals surface area contributed by atoms with Crippen molar-refractivity contribution in [3.63, 3.8) is 0 Å². The lowest BCUT2D eigenvalue weighted by Crippen LogP contribution is -2.49. The summed E-state index contributed by atoms with van der Waals surface area (Å²) in [6, 6.07) is 9.89. The van der Waals surface area contributed by atoms with Crippen LogP contribution >= 0.6 is 0 Å². The predicted molar refractivity (Wildman–Crippen MR) is 94.2 cm³/mol. The first-order valence-corrected chi connectivity index (χ1v) is 8.77. The van der Waals surface area contributed by atoms with Crippen molar-refractivity contribution in [3.8, 4) is 0 Å². The summed E-state index contributed by atoms with van der Waals surface area (Å²) < 4.78 is 52.4. The Bertz CT molecular complexity index is 868. The van der Waals surface area contributed by atoms with Crippen LogP contribution in [-0.4, -0.2) is 35.8 Å². The molecule has 4 nitrogen and oxygen atoms in total. The fourth-order valence-corrected chi connectivity index (χ4v) is 3.18. The van der Waals surface area contributed by atoms with Gasteiger partial charge in [0.05, 0.1) is 11.1 Å². The molecule has 0 spiro atoms. The Morgan fingerprint density at radius 1 is 1.07 bits per heavy atom. The number of rotatable bonds is 3. The first kappa shape index (κ1) is 19.9. The second-order valence-electron chi connectivity index (χ2n) is 6.62. The van der Waals surface area contributed by atoms with Gasteiger partial charge >= 0.3 is 6.18 Å². The van der Waals surface area contributed by atoms with E-state index in [0.717, 1.165) is 0 Å². The van der Waals surface area contributed by atoms with E-state index in [4.69, 9.17) is 0 Å². The second kappa shape index (κ2) is 8.00. The van der Waals surface area contributed by atoms with E-state index >= 15 is 0 Å². The summed E-state index contributed by atoms with van der Waals surface area (Å²) in [6.45, 7) is 0.720. The number of nitrogens with zero attached hydrogens (tertiary/aromatic N) is 1. The Balaban J connectivity index is 1.70. The number of halogens is 4. The zero-order valence-corrected chi connectivity index (χ0v) is 14.8. The number of carbonyl (C=O) groups excluding carboxylic acids is 2. The molecule has 1 heterocycles. The number of nitrogens with one attached hydrogen (secondary N) is 1. The minimum absolute atomic E-state index is 0.190. The minimum atomic E-state index is -4.67. The molecule has 3 rings (SSSR count). The average molecular weight is 394 g/mol. The standard InChI is InChI=1S/C20H18F4N2O2/c21-17-9-8-14(20(22,23)24)11-16(17)18(27)25-15-7-4-10-26(12-15)19(28)13-5-2-1-3-6-13/h1-3,5-6,8-9,11,15H,4,7,10,12H2,(H,25,27). The van der Waals surface area contributed by atoms with E-state index in [9.17, 15) is 27.2 Å². The molecule has 1 aliphatic rings. The Morgan fingerprint density at radius 3 is 2.46 bits per heavy atom. The molecule has 148 valence electrons. The predicted octanol–water partition coefficient (Wildman–Crippen LogP) is 3.88. The van der Waals surface area contributed by atoms with E-state index in [1.54, 1.807) is 35.2 Å². The molecular weight excluding hydrogens is 376 g/mol. The van der Waals surface area contributed by atoms with Crippen molar-refractivity contribution in [2.45, 2.75) is 25.1 Å². The van der Waals surface area contributed by atoms with Gasteiger partial charge in [-0.3, -0.25) is 9.59 Å². The van der Waals surface area contributed by atoms with E-state index < -0.39 is 35.1 Å². The number of carbonyl (C=O) groups is 2. The molecule has 8 heteroatoms. The van der Waals surface area contributed by atoms with Crippen LogP contribution in [0.25, 0.3) is 0 Å². The van der Waals surface area contributed by atoms with Crippen LogP contribution in [-0.2, 0) is 6.18 Å². The van der Waals surface area contributed by atoms with Gasteiger partial charge in [-0.1, -0.05) is 18.2 Å². The fraction of sp³-hybridized carbons (Fsp3) is 0.300. The SMILES string of the molecule is O=C(NC1CCCN(C(=O)c2ccccc2)C1)c1cc(C(F)(F)F)ccc1F. The molecule has 1 aliphatic heterocycles. The third-order valence-electron chi connectivity index (χ3n) is 4.60. The van der Waals surface area contributed by atoms with Gasteiger partial charge in [-0.25, -0.2) is 4.39 Å². The summed E-state index contributed by atoms with van der Waals surface area (Å²) in [5.74, 6) is -2.15. The van der Waals surface area contributed by atoms with Crippen LogP contribution in [0.4, 0.5) is 17.6 Å². The number of piperidine rings is 1. The van der Waals surface area contributed by atoms with E-state index in [1.165, 1.54) is 0 Å². The Hall–Kier alpha value is -2.90. The molecule has 1 unspecified atom stereocenters. The van der Waals surface area contributed by atoms with E-state index in [-0.39, 0.29) is 12.5 Å². The van der Waals surface area contributed by atoms with E-state index in [0.29, 0.717) is 43.1 Å². The third-order valence-corrected chi connectivity index (χ3v) is 4.60. The molecule has 0 bridgehead atoms. The number of amides is 2. The van der Waals surface area contributed by atoms with Gasteiger partial charge in [0.25, 0.3) is 11.8 Å². The third kappa shape index (κ3) is 4.49. The highest BCUT2D eigenvalue weighted by Gasteiger charge is 2.32. The molecule has 2 aromatic carbocycles. The lowest BCUT2D eigenvalue weighted by Gasteiger charge is -2.33. The summed E-state index contributed by atoms with van der Waals surface area (Å²) in [4.78, 5) is 26.5. The molecule has 2 aromatic rings. The maximum atomic E-state index is 13.9. The van der Waals surface area contributed by atoms with Crippen molar-refractivity contribution in [1.82, 2.24) is 10.2 Å². The van der Waals surface area contributed by atoms with Gasteiger partial charge in [-0.05, 0) is 43.2 Å². The molecule has 2 amide bonds. The lowest BCUT2D eigenvalue weighted by atomic mass is 10.0. The fourth-order valence-electron chi connectivity index (χ4n) is 3.18. The van der Waals surface area contributed by atoms with Crippen LogP contribution in [0.15, 0.2) is 48.5 Å². The monoisotopic (exact) mass is 394 g/mol. The quantitative estimate of drug-likeness (QED) is 0.804. The van der Waals surface area contributed by atoms with Crippen LogP contribution in [0.5, 0.6) is 0 Å². The zero-order valence-electron chi connectivity index (χ0n) is 14.8. The molecule has 0 aromatic heterocycles. The second-order valence-corrected chi connectivity index (χ2v) is 6.62. The molecule has 1 atom stereocenters. The van der Waals surface area contributed by atoms with Gasteiger partial charge in [-0.15, -0.1) is 0 Å². The molecular formula is C20H18F4N2O2. The molecule has 0 aliphatic carbocycles. The van der Waals surface area contributed by atoms with Gasteiger partial charge in [0, 0.05) is 24.7 Å². The normalized spacial score (nSPS) is 17.3. The van der Waals surface area contributed by atoms with Crippen molar-refractivity contribution < 1.29 is 27.2 Å². The number of alkyl halides is 3. The molecule has 0 radical (unpaired) electrons. The highest BCUT2D eigenvalue weighted by Crippen LogP contribution is 2.30. The molecule has 1 N–H and O–H groups in total. The summed E-state index contributed by atoms with van der Waals surface area (Å²) in [6.07, 6.45) is -3.51. The number of hydrogen-bond donors (Lipinski definition) is 1. The average Bonchev–Trinajstić information content (AvgIpc) is 2.67. The van der Waals surface area contributed by atoms with Crippen LogP contribution in [0.1, 0.15) is 39.1 Å². The smallest absolute Gasteiger partial charge is 0.347 e. The summed E-state index contributed by atoms with van der Waals surface area (Å²) in [7, 11) is 0. The number of likely N-dealkylation sites (tertiary alicyclic amines) is 1. The number of hydrogen-bond acceptors (Lipinski definition) is 2. The van der Waals surface area contributed by atoms with Crippen LogP contribution in [0.2, 0.25) is 0 Å². The first-order valence-electron chi connectivity index (χ1n) is 8.77. The maximum absolute atomic E-state index is 13.9. The van der Waals surface area contributed by atoms with Gasteiger partial charge in [0.15, 0.2) is 0 Å². The van der Waals surface area contributed by atoms with Crippen molar-refractivity contribution >= 4 is 11.8 Å². The minimum Gasteiger partial charge on any atom is -0.347 e.